The number of piperazine rings is 1. The third-order valence-corrected chi connectivity index (χ3v) is 5.93. The third-order valence-electron chi connectivity index (χ3n) is 5.93. The number of rotatable bonds is 5. The van der Waals surface area contributed by atoms with Crippen LogP contribution < -0.4 is 10.2 Å². The smallest absolute Gasteiger partial charge is 0.227 e. The largest absolute Gasteiger partial charge is 0.368 e. The van der Waals surface area contributed by atoms with Crippen LogP contribution >= 0.6 is 0 Å². The maximum atomic E-state index is 11.6. The molecule has 1 amide bonds. The van der Waals surface area contributed by atoms with Crippen LogP contribution in [0.1, 0.15) is 38.2 Å². The van der Waals surface area contributed by atoms with E-state index in [9.17, 15) is 4.79 Å². The molecule has 2 aromatic heterocycles. The topological polar surface area (TPSA) is 79.2 Å². The zero-order valence-electron chi connectivity index (χ0n) is 19.5. The van der Waals surface area contributed by atoms with Gasteiger partial charge < -0.3 is 19.7 Å². The van der Waals surface area contributed by atoms with Gasteiger partial charge in [-0.3, -0.25) is 4.79 Å². The summed E-state index contributed by atoms with van der Waals surface area (Å²) < 4.78 is 2.18. The number of carbonyl (C=O) groups excluding carboxylic acids is 1. The van der Waals surface area contributed by atoms with Gasteiger partial charge in [0.1, 0.15) is 5.82 Å². The molecule has 32 heavy (non-hydrogen) atoms. The van der Waals surface area contributed by atoms with E-state index in [-0.39, 0.29) is 5.91 Å². The number of anilines is 3. The summed E-state index contributed by atoms with van der Waals surface area (Å²) in [7, 11) is 0. The van der Waals surface area contributed by atoms with Crippen molar-refractivity contribution < 1.29 is 4.79 Å². The summed E-state index contributed by atoms with van der Waals surface area (Å²) >= 11 is 0. The van der Waals surface area contributed by atoms with Gasteiger partial charge in [0, 0.05) is 56.7 Å². The minimum atomic E-state index is 0.148. The number of aryl methyl sites for hydroxylation is 2. The highest BCUT2D eigenvalue weighted by molar-refractivity contribution is 5.73. The summed E-state index contributed by atoms with van der Waals surface area (Å²) in [4.78, 5) is 29.4. The van der Waals surface area contributed by atoms with Crippen LogP contribution in [0, 0.1) is 13.8 Å². The van der Waals surface area contributed by atoms with Crippen LogP contribution in [-0.2, 0) is 4.79 Å². The molecule has 1 aliphatic heterocycles. The van der Waals surface area contributed by atoms with E-state index in [4.69, 9.17) is 4.98 Å². The van der Waals surface area contributed by atoms with Crippen LogP contribution in [-0.4, -0.2) is 56.5 Å². The van der Waals surface area contributed by atoms with Gasteiger partial charge in [-0.2, -0.15) is 0 Å². The average Bonchev–Trinajstić information content (AvgIpc) is 3.16. The first kappa shape index (κ1) is 21.8. The van der Waals surface area contributed by atoms with Crippen LogP contribution in [0.3, 0.4) is 0 Å². The lowest BCUT2D eigenvalue weighted by atomic mass is 10.1. The standard InChI is InChI=1S/C24H31N7O/c1-16(2)31-18(4)26-15-23(31)21-8-9-25-24(28-21)27-20-6-7-22(17(3)14-20)30-12-10-29(11-13-30)19(5)32/h6-9,14-16H,10-13H2,1-5H3,(H,25,27,28). The summed E-state index contributed by atoms with van der Waals surface area (Å²) in [6, 6.07) is 8.51. The molecule has 1 N–H and O–H groups in total. The first-order valence-electron chi connectivity index (χ1n) is 11.1. The van der Waals surface area contributed by atoms with Crippen molar-refractivity contribution in [2.75, 3.05) is 36.4 Å². The molecule has 0 aliphatic carbocycles. The molecule has 1 saturated heterocycles. The van der Waals surface area contributed by atoms with Crippen LogP contribution in [0.2, 0.25) is 0 Å². The summed E-state index contributed by atoms with van der Waals surface area (Å²) in [5, 5.41) is 3.34. The Labute approximate surface area is 189 Å². The van der Waals surface area contributed by atoms with E-state index >= 15 is 0 Å². The first-order valence-corrected chi connectivity index (χ1v) is 11.1. The van der Waals surface area contributed by atoms with Gasteiger partial charge in [-0.1, -0.05) is 0 Å². The molecule has 0 atom stereocenters. The van der Waals surface area contributed by atoms with Crippen molar-refractivity contribution >= 4 is 23.2 Å². The minimum Gasteiger partial charge on any atom is -0.368 e. The number of hydrogen-bond acceptors (Lipinski definition) is 6. The van der Waals surface area contributed by atoms with Gasteiger partial charge in [0.25, 0.3) is 0 Å². The van der Waals surface area contributed by atoms with Gasteiger partial charge in [0.05, 0.1) is 17.6 Å². The quantitative estimate of drug-likeness (QED) is 0.656. The molecule has 3 heterocycles. The van der Waals surface area contributed by atoms with Crippen molar-refractivity contribution in [1.82, 2.24) is 24.4 Å². The summed E-state index contributed by atoms with van der Waals surface area (Å²) in [5.74, 6) is 1.67. The zero-order chi connectivity index (χ0) is 22.8. The number of hydrogen-bond donors (Lipinski definition) is 1. The second-order valence-electron chi connectivity index (χ2n) is 8.54. The van der Waals surface area contributed by atoms with Crippen molar-refractivity contribution in [3.63, 3.8) is 0 Å². The molecule has 8 nitrogen and oxygen atoms in total. The maximum absolute atomic E-state index is 11.6. The van der Waals surface area contributed by atoms with Gasteiger partial charge >= 0.3 is 0 Å². The lowest BCUT2D eigenvalue weighted by molar-refractivity contribution is -0.129. The highest BCUT2D eigenvalue weighted by Crippen LogP contribution is 2.27. The van der Waals surface area contributed by atoms with Crippen LogP contribution in [0.15, 0.2) is 36.7 Å². The molecule has 1 aromatic carbocycles. The molecular formula is C24H31N7O. The molecule has 0 spiro atoms. The maximum Gasteiger partial charge on any atom is 0.227 e. The molecule has 8 heteroatoms. The van der Waals surface area contributed by atoms with Crippen molar-refractivity contribution in [1.29, 1.82) is 0 Å². The average molecular weight is 434 g/mol. The SMILES string of the molecule is CC(=O)N1CCN(c2ccc(Nc3nccc(-c4cnc(C)n4C(C)C)n3)cc2C)CC1. The van der Waals surface area contributed by atoms with Gasteiger partial charge in [-0.25, -0.2) is 15.0 Å². The van der Waals surface area contributed by atoms with Crippen LogP contribution in [0.5, 0.6) is 0 Å². The molecular weight excluding hydrogens is 402 g/mol. The Hall–Kier alpha value is -3.42. The number of nitrogens with one attached hydrogen (secondary N) is 1. The molecule has 0 radical (unpaired) electrons. The van der Waals surface area contributed by atoms with Crippen molar-refractivity contribution in [2.45, 2.75) is 40.7 Å². The van der Waals surface area contributed by atoms with Crippen LogP contribution in [0.25, 0.3) is 11.4 Å². The minimum absolute atomic E-state index is 0.148. The fraction of sp³-hybridized carbons (Fsp3) is 0.417. The number of imidazole rings is 1. The van der Waals surface area contributed by atoms with E-state index in [1.54, 1.807) is 13.1 Å². The summed E-state index contributed by atoms with van der Waals surface area (Å²) in [5.41, 5.74) is 5.15. The van der Waals surface area contributed by atoms with E-state index in [0.29, 0.717) is 12.0 Å². The number of aromatic nitrogens is 4. The lowest BCUT2D eigenvalue weighted by Crippen LogP contribution is -2.48. The van der Waals surface area contributed by atoms with Gasteiger partial charge in [0.15, 0.2) is 0 Å². The Morgan fingerprint density at radius 2 is 1.81 bits per heavy atom. The van der Waals surface area contributed by atoms with E-state index in [2.05, 4.69) is 63.7 Å². The highest BCUT2D eigenvalue weighted by Gasteiger charge is 2.20. The van der Waals surface area contributed by atoms with Gasteiger partial charge in [0.2, 0.25) is 11.9 Å². The summed E-state index contributed by atoms with van der Waals surface area (Å²) in [6.07, 6.45) is 3.64. The van der Waals surface area contributed by atoms with Crippen molar-refractivity contribution in [2.24, 2.45) is 0 Å². The predicted octanol–water partition coefficient (Wildman–Crippen LogP) is 3.95. The molecule has 1 aliphatic rings. The zero-order valence-corrected chi connectivity index (χ0v) is 19.5. The van der Waals surface area contributed by atoms with E-state index in [0.717, 1.165) is 49.1 Å². The second kappa shape index (κ2) is 8.98. The number of carbonyl (C=O) groups is 1. The Morgan fingerprint density at radius 3 is 2.47 bits per heavy atom. The third kappa shape index (κ3) is 4.44. The Bertz CT molecular complexity index is 1110. The van der Waals surface area contributed by atoms with Crippen molar-refractivity contribution in [3.8, 4) is 11.4 Å². The van der Waals surface area contributed by atoms with E-state index < -0.39 is 0 Å². The van der Waals surface area contributed by atoms with Crippen molar-refractivity contribution in [3.05, 3.63) is 48.0 Å². The van der Waals surface area contributed by atoms with E-state index in [1.165, 1.54) is 11.3 Å². The predicted molar refractivity (Wildman–Crippen MR) is 127 cm³/mol. The fourth-order valence-electron chi connectivity index (χ4n) is 4.34. The number of benzene rings is 1. The normalized spacial score (nSPS) is 14.2. The van der Waals surface area contributed by atoms with Gasteiger partial charge in [-0.05, 0) is 57.5 Å². The fourth-order valence-corrected chi connectivity index (χ4v) is 4.34. The number of amides is 1. The summed E-state index contributed by atoms with van der Waals surface area (Å²) in [6.45, 7) is 13.3. The first-order chi connectivity index (χ1) is 15.3. The molecule has 4 rings (SSSR count). The second-order valence-corrected chi connectivity index (χ2v) is 8.54. The number of nitrogens with zero attached hydrogens (tertiary/aromatic N) is 6. The Balaban J connectivity index is 1.50. The molecule has 0 bridgehead atoms. The Kier molecular flexibility index (Phi) is 6.12. The van der Waals surface area contributed by atoms with Crippen LogP contribution in [0.4, 0.5) is 17.3 Å². The molecule has 168 valence electrons. The Morgan fingerprint density at radius 1 is 1.06 bits per heavy atom. The lowest BCUT2D eigenvalue weighted by Gasteiger charge is -2.36. The highest BCUT2D eigenvalue weighted by atomic mass is 16.2. The molecule has 3 aromatic rings. The van der Waals surface area contributed by atoms with E-state index in [1.807, 2.05) is 24.1 Å². The molecule has 0 unspecified atom stereocenters. The monoisotopic (exact) mass is 433 g/mol. The van der Waals surface area contributed by atoms with Gasteiger partial charge in [-0.15, -0.1) is 0 Å². The molecule has 1 fully saturated rings. The molecule has 0 saturated carbocycles.